The van der Waals surface area contributed by atoms with E-state index < -0.39 is 28.5 Å². The summed E-state index contributed by atoms with van der Waals surface area (Å²) in [5.74, 6) is -2.83. The van der Waals surface area contributed by atoms with Crippen LogP contribution in [-0.4, -0.2) is 11.8 Å². The summed E-state index contributed by atoms with van der Waals surface area (Å²) in [6.07, 6.45) is 0. The van der Waals surface area contributed by atoms with E-state index >= 15 is 0 Å². The van der Waals surface area contributed by atoms with Crippen LogP contribution in [0.15, 0.2) is 12.1 Å². The second-order valence-corrected chi connectivity index (χ2v) is 3.25. The van der Waals surface area contributed by atoms with Crippen LogP contribution in [0.1, 0.15) is 17.3 Å². The Bertz CT molecular complexity index is 379. The van der Waals surface area contributed by atoms with Gasteiger partial charge < -0.3 is 5.73 Å². The monoisotopic (exact) mass is 219 g/mol. The quantitative estimate of drug-likeness (QED) is 0.612. The minimum atomic E-state index is -1.22. The molecule has 0 fully saturated rings. The number of nitrogens with two attached hydrogens (primary N) is 1. The lowest BCUT2D eigenvalue weighted by Gasteiger charge is -2.07. The summed E-state index contributed by atoms with van der Waals surface area (Å²) >= 11 is 5.45. The van der Waals surface area contributed by atoms with Gasteiger partial charge in [-0.15, -0.1) is 0 Å². The molecule has 0 heterocycles. The van der Waals surface area contributed by atoms with Gasteiger partial charge in [0.25, 0.3) is 0 Å². The van der Waals surface area contributed by atoms with E-state index in [1.807, 2.05) is 0 Å². The molecule has 76 valence electrons. The first-order valence-corrected chi connectivity index (χ1v) is 4.26. The third kappa shape index (κ3) is 1.91. The van der Waals surface area contributed by atoms with Crippen molar-refractivity contribution < 1.29 is 13.6 Å². The molecular weight excluding hydrogens is 212 g/mol. The molecule has 1 unspecified atom stereocenters. The van der Waals surface area contributed by atoms with Crippen LogP contribution in [0.25, 0.3) is 0 Å². The van der Waals surface area contributed by atoms with Crippen molar-refractivity contribution in [1.82, 2.24) is 0 Å². The lowest BCUT2D eigenvalue weighted by Crippen LogP contribution is -2.27. The molecular formula is C9H8ClF2NO. The van der Waals surface area contributed by atoms with Crippen molar-refractivity contribution in [3.63, 3.8) is 0 Å². The maximum absolute atomic E-state index is 12.9. The van der Waals surface area contributed by atoms with E-state index in [9.17, 15) is 13.6 Å². The number of Topliss-reactive ketones (excluding diaryl/α,β-unsaturated/α-hetero) is 1. The van der Waals surface area contributed by atoms with Crippen molar-refractivity contribution in [3.05, 3.63) is 34.4 Å². The van der Waals surface area contributed by atoms with Crippen molar-refractivity contribution in [2.45, 2.75) is 13.0 Å². The van der Waals surface area contributed by atoms with Crippen LogP contribution in [0, 0.1) is 11.6 Å². The molecule has 0 aromatic heterocycles. The van der Waals surface area contributed by atoms with Gasteiger partial charge in [-0.2, -0.15) is 0 Å². The van der Waals surface area contributed by atoms with Gasteiger partial charge in [-0.05, 0) is 19.1 Å². The fourth-order valence-corrected chi connectivity index (χ4v) is 1.21. The molecule has 1 aromatic rings. The second-order valence-electron chi connectivity index (χ2n) is 2.88. The molecule has 0 aliphatic carbocycles. The summed E-state index contributed by atoms with van der Waals surface area (Å²) in [7, 11) is 0. The smallest absolute Gasteiger partial charge is 0.180 e. The predicted molar refractivity (Wildman–Crippen MR) is 49.3 cm³/mol. The summed E-state index contributed by atoms with van der Waals surface area (Å²) in [4.78, 5) is 11.3. The Balaban J connectivity index is 3.24. The standard InChI is InChI=1S/C9H8ClF2NO/c1-4(13)9(14)5-2-3-6(11)8(12)7(5)10/h2-4H,13H2,1H3. The molecule has 0 saturated carbocycles. The largest absolute Gasteiger partial charge is 0.321 e. The van der Waals surface area contributed by atoms with Gasteiger partial charge in [0.05, 0.1) is 11.1 Å². The molecule has 0 spiro atoms. The summed E-state index contributed by atoms with van der Waals surface area (Å²) < 4.78 is 25.5. The Hall–Kier alpha value is -1.00. The van der Waals surface area contributed by atoms with Crippen LogP contribution >= 0.6 is 11.6 Å². The lowest BCUT2D eigenvalue weighted by molar-refractivity contribution is 0.0967. The van der Waals surface area contributed by atoms with Gasteiger partial charge in [-0.3, -0.25) is 4.79 Å². The SMILES string of the molecule is CC(N)C(=O)c1ccc(F)c(F)c1Cl. The summed E-state index contributed by atoms with van der Waals surface area (Å²) in [5.41, 5.74) is 5.20. The van der Waals surface area contributed by atoms with Gasteiger partial charge in [-0.1, -0.05) is 11.6 Å². The zero-order valence-electron chi connectivity index (χ0n) is 7.35. The Morgan fingerprint density at radius 1 is 1.50 bits per heavy atom. The Kier molecular flexibility index (Phi) is 3.18. The molecule has 0 saturated heterocycles. The molecule has 1 aromatic carbocycles. The highest BCUT2D eigenvalue weighted by molar-refractivity contribution is 6.34. The highest BCUT2D eigenvalue weighted by Gasteiger charge is 2.19. The highest BCUT2D eigenvalue weighted by Crippen LogP contribution is 2.23. The molecule has 0 amide bonds. The van der Waals surface area contributed by atoms with Gasteiger partial charge >= 0.3 is 0 Å². The summed E-state index contributed by atoms with van der Waals surface area (Å²) in [6.45, 7) is 1.44. The molecule has 0 radical (unpaired) electrons. The van der Waals surface area contributed by atoms with Crippen molar-refractivity contribution in [2.24, 2.45) is 5.73 Å². The van der Waals surface area contributed by atoms with Crippen LogP contribution in [-0.2, 0) is 0 Å². The molecule has 0 bridgehead atoms. The third-order valence-electron chi connectivity index (χ3n) is 1.71. The average Bonchev–Trinajstić information content (AvgIpc) is 2.13. The molecule has 2 N–H and O–H groups in total. The van der Waals surface area contributed by atoms with E-state index in [0.29, 0.717) is 0 Å². The lowest BCUT2D eigenvalue weighted by atomic mass is 10.1. The van der Waals surface area contributed by atoms with Crippen molar-refractivity contribution in [2.75, 3.05) is 0 Å². The molecule has 2 nitrogen and oxygen atoms in total. The fourth-order valence-electron chi connectivity index (χ4n) is 0.961. The van der Waals surface area contributed by atoms with Crippen LogP contribution in [0.5, 0.6) is 0 Å². The van der Waals surface area contributed by atoms with E-state index in [2.05, 4.69) is 0 Å². The van der Waals surface area contributed by atoms with Gasteiger partial charge in [0, 0.05) is 5.56 Å². The average molecular weight is 220 g/mol. The number of rotatable bonds is 2. The van der Waals surface area contributed by atoms with E-state index in [1.54, 1.807) is 0 Å². The second kappa shape index (κ2) is 4.02. The van der Waals surface area contributed by atoms with Gasteiger partial charge in [-0.25, -0.2) is 8.78 Å². The first kappa shape index (κ1) is 11.1. The zero-order valence-corrected chi connectivity index (χ0v) is 8.11. The highest BCUT2D eigenvalue weighted by atomic mass is 35.5. The Labute approximate surface area is 84.7 Å². The Morgan fingerprint density at radius 3 is 2.57 bits per heavy atom. The number of ketones is 1. The van der Waals surface area contributed by atoms with Crippen molar-refractivity contribution in [3.8, 4) is 0 Å². The minimum Gasteiger partial charge on any atom is -0.321 e. The molecule has 1 rings (SSSR count). The fraction of sp³-hybridized carbons (Fsp3) is 0.222. The van der Waals surface area contributed by atoms with E-state index in [-0.39, 0.29) is 5.56 Å². The Morgan fingerprint density at radius 2 is 2.07 bits per heavy atom. The predicted octanol–water partition coefficient (Wildman–Crippen LogP) is 2.15. The summed E-state index contributed by atoms with van der Waals surface area (Å²) in [5, 5.41) is -0.521. The molecule has 14 heavy (non-hydrogen) atoms. The topological polar surface area (TPSA) is 43.1 Å². The number of carbonyl (C=O) groups is 1. The van der Waals surface area contributed by atoms with E-state index in [0.717, 1.165) is 12.1 Å². The third-order valence-corrected chi connectivity index (χ3v) is 2.08. The van der Waals surface area contributed by atoms with E-state index in [1.165, 1.54) is 6.92 Å². The first-order valence-electron chi connectivity index (χ1n) is 3.88. The molecule has 5 heteroatoms. The molecule has 1 atom stereocenters. The van der Waals surface area contributed by atoms with Crippen molar-refractivity contribution >= 4 is 17.4 Å². The molecule has 0 aliphatic heterocycles. The van der Waals surface area contributed by atoms with Crippen LogP contribution in [0.2, 0.25) is 5.02 Å². The maximum Gasteiger partial charge on any atom is 0.180 e. The van der Waals surface area contributed by atoms with Crippen LogP contribution in [0.4, 0.5) is 8.78 Å². The van der Waals surface area contributed by atoms with Gasteiger partial charge in [0.1, 0.15) is 0 Å². The zero-order chi connectivity index (χ0) is 10.9. The normalized spacial score (nSPS) is 12.6. The maximum atomic E-state index is 12.9. The van der Waals surface area contributed by atoms with Crippen LogP contribution < -0.4 is 5.73 Å². The molecule has 0 aliphatic rings. The van der Waals surface area contributed by atoms with Gasteiger partial charge in [0.15, 0.2) is 17.4 Å². The first-order chi connectivity index (χ1) is 6.45. The number of carbonyl (C=O) groups excluding carboxylic acids is 1. The summed E-state index contributed by atoms with van der Waals surface area (Å²) in [6, 6.07) is 1.17. The number of hydrogen-bond acceptors (Lipinski definition) is 2. The van der Waals surface area contributed by atoms with Crippen molar-refractivity contribution in [1.29, 1.82) is 0 Å². The number of hydrogen-bond donors (Lipinski definition) is 1. The van der Waals surface area contributed by atoms with Gasteiger partial charge in [0.2, 0.25) is 0 Å². The van der Waals surface area contributed by atoms with E-state index in [4.69, 9.17) is 17.3 Å². The number of halogens is 3. The minimum absolute atomic E-state index is 0.0967. The van der Waals surface area contributed by atoms with Crippen LogP contribution in [0.3, 0.4) is 0 Å². The number of benzene rings is 1.